The normalized spacial score (nSPS) is 21.2. The highest BCUT2D eigenvalue weighted by Gasteiger charge is 2.30. The van der Waals surface area contributed by atoms with Gasteiger partial charge in [-0.3, -0.25) is 9.69 Å². The molecule has 0 bridgehead atoms. The van der Waals surface area contributed by atoms with Gasteiger partial charge in [-0.25, -0.2) is 9.97 Å². The van der Waals surface area contributed by atoms with Crippen molar-refractivity contribution in [3.8, 4) is 0 Å². The van der Waals surface area contributed by atoms with E-state index in [9.17, 15) is 9.90 Å². The van der Waals surface area contributed by atoms with Gasteiger partial charge in [-0.15, -0.1) is 0 Å². The summed E-state index contributed by atoms with van der Waals surface area (Å²) >= 11 is 0. The van der Waals surface area contributed by atoms with Gasteiger partial charge < -0.3 is 15.3 Å². The Labute approximate surface area is 124 Å². The molecule has 1 aromatic rings. The smallest absolute Gasteiger partial charge is 0.322 e. The van der Waals surface area contributed by atoms with E-state index in [0.29, 0.717) is 12.6 Å². The molecular weight excluding hydrogens is 270 g/mol. The number of hydrogen-bond donors (Lipinski definition) is 2. The van der Waals surface area contributed by atoms with E-state index in [-0.39, 0.29) is 0 Å². The van der Waals surface area contributed by atoms with Gasteiger partial charge in [-0.2, -0.15) is 0 Å². The highest BCUT2D eigenvalue weighted by molar-refractivity contribution is 5.73. The van der Waals surface area contributed by atoms with Crippen molar-refractivity contribution in [2.75, 3.05) is 37.6 Å². The van der Waals surface area contributed by atoms with Crippen molar-refractivity contribution in [2.45, 2.75) is 24.9 Å². The molecule has 0 aromatic carbocycles. The number of aliphatic carboxylic acids is 1. The van der Waals surface area contributed by atoms with Crippen molar-refractivity contribution >= 4 is 11.9 Å². The van der Waals surface area contributed by atoms with E-state index in [1.54, 1.807) is 18.5 Å². The maximum atomic E-state index is 11.3. The van der Waals surface area contributed by atoms with Gasteiger partial charge in [0, 0.05) is 51.2 Å². The van der Waals surface area contributed by atoms with Crippen LogP contribution in [0.1, 0.15) is 12.8 Å². The maximum absolute atomic E-state index is 11.3. The summed E-state index contributed by atoms with van der Waals surface area (Å²) < 4.78 is 0. The molecule has 0 amide bonds. The molecule has 1 saturated heterocycles. The average Bonchev–Trinajstić information content (AvgIpc) is 3.32. The van der Waals surface area contributed by atoms with E-state index in [2.05, 4.69) is 25.1 Å². The summed E-state index contributed by atoms with van der Waals surface area (Å²) in [5, 5.41) is 12.5. The summed E-state index contributed by atoms with van der Waals surface area (Å²) in [6.07, 6.45) is 5.69. The van der Waals surface area contributed by atoms with Gasteiger partial charge in [0.15, 0.2) is 0 Å². The molecule has 2 fully saturated rings. The summed E-state index contributed by atoms with van der Waals surface area (Å²) in [5.41, 5.74) is 0. The van der Waals surface area contributed by atoms with Gasteiger partial charge in [-0.05, 0) is 18.9 Å². The van der Waals surface area contributed by atoms with E-state index >= 15 is 0 Å². The van der Waals surface area contributed by atoms with Crippen molar-refractivity contribution in [1.82, 2.24) is 20.2 Å². The van der Waals surface area contributed by atoms with Crippen LogP contribution in [0.25, 0.3) is 0 Å². The van der Waals surface area contributed by atoms with E-state index in [1.165, 1.54) is 0 Å². The van der Waals surface area contributed by atoms with Crippen molar-refractivity contribution in [3.05, 3.63) is 18.5 Å². The number of hydrogen-bond acceptors (Lipinski definition) is 6. The molecule has 1 aliphatic heterocycles. The minimum Gasteiger partial charge on any atom is -0.480 e. The fraction of sp³-hybridized carbons (Fsp3) is 0.643. The van der Waals surface area contributed by atoms with Crippen LogP contribution in [0.4, 0.5) is 5.95 Å². The molecular formula is C14H21N5O2. The average molecular weight is 291 g/mol. The first-order chi connectivity index (χ1) is 10.2. The number of rotatable bonds is 6. The number of nitrogens with zero attached hydrogens (tertiary/aromatic N) is 4. The molecule has 7 heteroatoms. The number of aromatic nitrogens is 2. The SMILES string of the molecule is O=C(O)C(CN1CCN(c2ncccn2)CC1)NC1CC1. The summed E-state index contributed by atoms with van der Waals surface area (Å²) in [4.78, 5) is 24.2. The molecule has 1 unspecified atom stereocenters. The zero-order chi connectivity index (χ0) is 14.7. The summed E-state index contributed by atoms with van der Waals surface area (Å²) in [6.45, 7) is 3.91. The van der Waals surface area contributed by atoms with Gasteiger partial charge in [0.05, 0.1) is 0 Å². The Morgan fingerprint density at radius 3 is 2.52 bits per heavy atom. The lowest BCUT2D eigenvalue weighted by Gasteiger charge is -2.35. The molecule has 2 N–H and O–H groups in total. The Hall–Kier alpha value is -1.73. The first-order valence-electron chi connectivity index (χ1n) is 7.45. The highest BCUT2D eigenvalue weighted by atomic mass is 16.4. The summed E-state index contributed by atoms with van der Waals surface area (Å²) in [5.74, 6) is -0.00115. The van der Waals surface area contributed by atoms with Crippen LogP contribution in [-0.2, 0) is 4.79 Å². The van der Waals surface area contributed by atoms with Gasteiger partial charge in [0.25, 0.3) is 0 Å². The van der Waals surface area contributed by atoms with Crippen LogP contribution < -0.4 is 10.2 Å². The molecule has 2 aliphatic rings. The Kier molecular flexibility index (Phi) is 4.31. The van der Waals surface area contributed by atoms with E-state index in [4.69, 9.17) is 0 Å². The van der Waals surface area contributed by atoms with Crippen molar-refractivity contribution < 1.29 is 9.90 Å². The molecule has 2 heterocycles. The molecule has 0 radical (unpaired) electrons. The number of piperazine rings is 1. The minimum absolute atomic E-state index is 0.408. The number of nitrogens with one attached hydrogen (secondary N) is 1. The highest BCUT2D eigenvalue weighted by Crippen LogP contribution is 2.20. The van der Waals surface area contributed by atoms with Gasteiger partial charge in [0.1, 0.15) is 6.04 Å². The number of carboxylic acids is 1. The third kappa shape index (κ3) is 3.89. The van der Waals surface area contributed by atoms with Crippen LogP contribution in [0.3, 0.4) is 0 Å². The van der Waals surface area contributed by atoms with Crippen molar-refractivity contribution in [3.63, 3.8) is 0 Å². The largest absolute Gasteiger partial charge is 0.480 e. The van der Waals surface area contributed by atoms with Crippen LogP contribution in [0.5, 0.6) is 0 Å². The van der Waals surface area contributed by atoms with Crippen molar-refractivity contribution in [1.29, 1.82) is 0 Å². The third-order valence-electron chi connectivity index (χ3n) is 3.96. The second-order valence-electron chi connectivity index (χ2n) is 5.67. The van der Waals surface area contributed by atoms with Crippen LogP contribution in [0, 0.1) is 0 Å². The predicted octanol–water partition coefficient (Wildman–Crippen LogP) is -0.196. The van der Waals surface area contributed by atoms with Crippen LogP contribution in [0.15, 0.2) is 18.5 Å². The minimum atomic E-state index is -0.754. The van der Waals surface area contributed by atoms with Crippen LogP contribution >= 0.6 is 0 Å². The van der Waals surface area contributed by atoms with Crippen LogP contribution in [0.2, 0.25) is 0 Å². The second-order valence-corrected chi connectivity index (χ2v) is 5.67. The fourth-order valence-corrected chi connectivity index (χ4v) is 2.58. The molecule has 1 atom stereocenters. The predicted molar refractivity (Wildman–Crippen MR) is 78.3 cm³/mol. The standard InChI is InChI=1S/C14H21N5O2/c20-13(21)12(17-11-2-3-11)10-18-6-8-19(9-7-18)14-15-4-1-5-16-14/h1,4-5,11-12,17H,2-3,6-10H2,(H,20,21). The second kappa shape index (κ2) is 6.36. The van der Waals surface area contributed by atoms with E-state index in [1.807, 2.05) is 0 Å². The van der Waals surface area contributed by atoms with Gasteiger partial charge in [0.2, 0.25) is 5.95 Å². The zero-order valence-corrected chi connectivity index (χ0v) is 12.0. The molecule has 3 rings (SSSR count). The lowest BCUT2D eigenvalue weighted by molar-refractivity contribution is -0.140. The van der Waals surface area contributed by atoms with Crippen LogP contribution in [-0.4, -0.2) is 70.8 Å². The van der Waals surface area contributed by atoms with Crippen molar-refractivity contribution in [2.24, 2.45) is 0 Å². The molecule has 114 valence electrons. The maximum Gasteiger partial charge on any atom is 0.322 e. The molecule has 1 aliphatic carbocycles. The Balaban J connectivity index is 1.49. The number of carbonyl (C=O) groups is 1. The first kappa shape index (κ1) is 14.2. The lowest BCUT2D eigenvalue weighted by atomic mass is 10.2. The quantitative estimate of drug-likeness (QED) is 0.751. The van der Waals surface area contributed by atoms with E-state index < -0.39 is 12.0 Å². The monoisotopic (exact) mass is 291 g/mol. The topological polar surface area (TPSA) is 81.6 Å². The first-order valence-corrected chi connectivity index (χ1v) is 7.45. The summed E-state index contributed by atoms with van der Waals surface area (Å²) in [7, 11) is 0. The van der Waals surface area contributed by atoms with Gasteiger partial charge in [-0.1, -0.05) is 0 Å². The number of anilines is 1. The Morgan fingerprint density at radius 1 is 1.29 bits per heavy atom. The molecule has 1 saturated carbocycles. The molecule has 21 heavy (non-hydrogen) atoms. The Morgan fingerprint density at radius 2 is 1.95 bits per heavy atom. The fourth-order valence-electron chi connectivity index (χ4n) is 2.58. The molecule has 7 nitrogen and oxygen atoms in total. The number of carboxylic acid groups (broad SMARTS) is 1. The van der Waals surface area contributed by atoms with Gasteiger partial charge >= 0.3 is 5.97 Å². The summed E-state index contributed by atoms with van der Waals surface area (Å²) in [6, 6.07) is 1.75. The third-order valence-corrected chi connectivity index (χ3v) is 3.96. The molecule has 1 aromatic heterocycles. The zero-order valence-electron chi connectivity index (χ0n) is 12.0. The lowest BCUT2D eigenvalue weighted by Crippen LogP contribution is -2.53. The Bertz CT molecular complexity index is 472. The molecule has 0 spiro atoms. The van der Waals surface area contributed by atoms with E-state index in [0.717, 1.165) is 45.0 Å².